The fourth-order valence-corrected chi connectivity index (χ4v) is 3.35. The van der Waals surface area contributed by atoms with E-state index in [0.29, 0.717) is 13.1 Å². The average Bonchev–Trinajstić information content (AvgIpc) is 2.48. The number of rotatable bonds is 4. The third-order valence-electron chi connectivity index (χ3n) is 3.39. The summed E-state index contributed by atoms with van der Waals surface area (Å²) in [4.78, 5) is 13.2. The second-order valence-corrected chi connectivity index (χ2v) is 6.68. The van der Waals surface area contributed by atoms with Crippen LogP contribution in [0.15, 0.2) is 23.1 Å². The number of nitrogen functional groups attached to an aromatic ring is 1. The smallest absolute Gasteiger partial charge is 0.243 e. The molecule has 1 aliphatic heterocycles. The third-order valence-corrected chi connectivity index (χ3v) is 4.84. The quantitative estimate of drug-likeness (QED) is 0.800. The number of hydrogen-bond acceptors (Lipinski definition) is 4. The van der Waals surface area contributed by atoms with Crippen molar-refractivity contribution in [1.82, 2.24) is 9.62 Å². The van der Waals surface area contributed by atoms with Crippen LogP contribution in [-0.4, -0.2) is 38.9 Å². The Morgan fingerprint density at radius 3 is 2.62 bits per heavy atom. The molecule has 0 radical (unpaired) electrons. The van der Waals surface area contributed by atoms with Crippen LogP contribution in [0, 0.1) is 5.82 Å². The molecular weight excluding hydrogens is 297 g/mol. The number of piperidine rings is 1. The summed E-state index contributed by atoms with van der Waals surface area (Å²) in [6.45, 7) is 0.934. The Hall–Kier alpha value is -1.67. The highest BCUT2D eigenvalue weighted by Crippen LogP contribution is 2.19. The number of amides is 1. The number of carbonyl (C=O) groups is 1. The van der Waals surface area contributed by atoms with Gasteiger partial charge in [-0.3, -0.25) is 4.79 Å². The molecule has 0 saturated carbocycles. The molecule has 0 spiro atoms. The summed E-state index contributed by atoms with van der Waals surface area (Å²) in [5.74, 6) is -0.986. The molecule has 2 rings (SSSR count). The van der Waals surface area contributed by atoms with Crippen LogP contribution >= 0.6 is 0 Å². The highest BCUT2D eigenvalue weighted by atomic mass is 32.2. The van der Waals surface area contributed by atoms with Crippen molar-refractivity contribution in [2.24, 2.45) is 0 Å². The molecule has 1 aromatic rings. The number of nitrogens with two attached hydrogens (primary N) is 1. The van der Waals surface area contributed by atoms with E-state index in [-0.39, 0.29) is 23.0 Å². The summed E-state index contributed by atoms with van der Waals surface area (Å²) >= 11 is 0. The van der Waals surface area contributed by atoms with Crippen LogP contribution < -0.4 is 10.5 Å². The van der Waals surface area contributed by atoms with Crippen LogP contribution in [-0.2, 0) is 14.8 Å². The molecular formula is C13H18FN3O3S. The van der Waals surface area contributed by atoms with Gasteiger partial charge in [0, 0.05) is 13.1 Å². The van der Waals surface area contributed by atoms with Crippen molar-refractivity contribution >= 4 is 21.6 Å². The van der Waals surface area contributed by atoms with Gasteiger partial charge in [0.15, 0.2) is 0 Å². The molecule has 0 aromatic heterocycles. The van der Waals surface area contributed by atoms with Crippen LogP contribution in [0.5, 0.6) is 0 Å². The van der Waals surface area contributed by atoms with Gasteiger partial charge in [-0.1, -0.05) is 0 Å². The third kappa shape index (κ3) is 3.92. The Kier molecular flexibility index (Phi) is 4.79. The first-order valence-corrected chi connectivity index (χ1v) is 8.21. The molecule has 116 valence electrons. The lowest BCUT2D eigenvalue weighted by molar-refractivity contribution is -0.130. The van der Waals surface area contributed by atoms with Crippen molar-refractivity contribution in [2.45, 2.75) is 24.2 Å². The maximum Gasteiger partial charge on any atom is 0.243 e. The van der Waals surface area contributed by atoms with Gasteiger partial charge in [0.25, 0.3) is 0 Å². The number of halogens is 1. The molecule has 1 aromatic carbocycles. The number of nitrogens with zero attached hydrogens (tertiary/aromatic N) is 1. The Morgan fingerprint density at radius 2 is 1.95 bits per heavy atom. The highest BCUT2D eigenvalue weighted by molar-refractivity contribution is 7.89. The van der Waals surface area contributed by atoms with Crippen molar-refractivity contribution in [1.29, 1.82) is 0 Å². The molecule has 1 amide bonds. The minimum Gasteiger partial charge on any atom is -0.398 e. The van der Waals surface area contributed by atoms with Crippen molar-refractivity contribution < 1.29 is 17.6 Å². The highest BCUT2D eigenvalue weighted by Gasteiger charge is 2.22. The molecule has 1 fully saturated rings. The lowest BCUT2D eigenvalue weighted by Gasteiger charge is -2.26. The van der Waals surface area contributed by atoms with Gasteiger partial charge < -0.3 is 10.6 Å². The zero-order valence-corrected chi connectivity index (χ0v) is 12.3. The van der Waals surface area contributed by atoms with Gasteiger partial charge in [0.05, 0.1) is 12.2 Å². The van der Waals surface area contributed by atoms with E-state index >= 15 is 0 Å². The number of hydrogen-bond donors (Lipinski definition) is 2. The summed E-state index contributed by atoms with van der Waals surface area (Å²) in [6, 6.07) is 3.09. The minimum atomic E-state index is -4.01. The zero-order chi connectivity index (χ0) is 15.5. The first kappa shape index (κ1) is 15.7. The molecule has 8 heteroatoms. The van der Waals surface area contributed by atoms with E-state index in [4.69, 9.17) is 5.73 Å². The van der Waals surface area contributed by atoms with E-state index in [0.717, 1.165) is 31.4 Å². The normalized spacial score (nSPS) is 16.0. The van der Waals surface area contributed by atoms with Crippen molar-refractivity contribution in [3.63, 3.8) is 0 Å². The first-order valence-electron chi connectivity index (χ1n) is 6.72. The van der Waals surface area contributed by atoms with Crippen molar-refractivity contribution in [2.75, 3.05) is 25.4 Å². The Labute approximate surface area is 123 Å². The number of carbonyl (C=O) groups excluding carboxylic acids is 1. The van der Waals surface area contributed by atoms with E-state index in [1.165, 1.54) is 6.07 Å². The largest absolute Gasteiger partial charge is 0.398 e. The second-order valence-electron chi connectivity index (χ2n) is 4.95. The summed E-state index contributed by atoms with van der Waals surface area (Å²) in [7, 11) is -4.01. The van der Waals surface area contributed by atoms with Gasteiger partial charge >= 0.3 is 0 Å². The van der Waals surface area contributed by atoms with Crippen LogP contribution in [0.2, 0.25) is 0 Å². The molecule has 0 aliphatic carbocycles. The molecule has 0 bridgehead atoms. The van der Waals surface area contributed by atoms with Gasteiger partial charge in [-0.25, -0.2) is 17.5 Å². The molecule has 1 saturated heterocycles. The number of likely N-dealkylation sites (tertiary alicyclic amines) is 1. The van der Waals surface area contributed by atoms with E-state index in [9.17, 15) is 17.6 Å². The van der Waals surface area contributed by atoms with E-state index < -0.39 is 15.8 Å². The molecule has 3 N–H and O–H groups in total. The maximum absolute atomic E-state index is 13.1. The van der Waals surface area contributed by atoms with E-state index in [2.05, 4.69) is 4.72 Å². The van der Waals surface area contributed by atoms with E-state index in [1.54, 1.807) is 4.90 Å². The maximum atomic E-state index is 13.1. The Balaban J connectivity index is 2.04. The number of sulfonamides is 1. The molecule has 21 heavy (non-hydrogen) atoms. The van der Waals surface area contributed by atoms with Crippen LogP contribution in [0.3, 0.4) is 0 Å². The summed E-state index contributed by atoms with van der Waals surface area (Å²) in [5.41, 5.74) is 5.48. The molecule has 6 nitrogen and oxygen atoms in total. The first-order chi connectivity index (χ1) is 9.90. The fraction of sp³-hybridized carbons (Fsp3) is 0.462. The Morgan fingerprint density at radius 1 is 1.29 bits per heavy atom. The van der Waals surface area contributed by atoms with Gasteiger partial charge in [-0.15, -0.1) is 0 Å². The predicted octanol–water partition coefficient (Wildman–Crippen LogP) is 0.699. The van der Waals surface area contributed by atoms with Crippen LogP contribution in [0.4, 0.5) is 10.1 Å². The molecule has 0 unspecified atom stereocenters. The standard InChI is InChI=1S/C13H18FN3O3S/c14-10-4-5-11(15)12(8-10)21(19,20)16-9-13(18)17-6-2-1-3-7-17/h4-5,8,16H,1-3,6-7,9,15H2. The number of nitrogens with one attached hydrogen (secondary N) is 1. The SMILES string of the molecule is Nc1ccc(F)cc1S(=O)(=O)NCC(=O)N1CCCCC1. The summed E-state index contributed by atoms with van der Waals surface area (Å²) in [5, 5.41) is 0. The van der Waals surface area contributed by atoms with Gasteiger partial charge in [-0.05, 0) is 37.5 Å². The topological polar surface area (TPSA) is 92.5 Å². The summed E-state index contributed by atoms with van der Waals surface area (Å²) in [6.07, 6.45) is 2.93. The molecule has 1 aliphatic rings. The lowest BCUT2D eigenvalue weighted by atomic mass is 10.1. The summed E-state index contributed by atoms with van der Waals surface area (Å²) < 4.78 is 39.4. The predicted molar refractivity (Wildman–Crippen MR) is 76.4 cm³/mol. The number of anilines is 1. The minimum absolute atomic E-state index is 0.0608. The number of benzene rings is 1. The van der Waals surface area contributed by atoms with Crippen LogP contribution in [0.1, 0.15) is 19.3 Å². The average molecular weight is 315 g/mol. The van der Waals surface area contributed by atoms with E-state index in [1.807, 2.05) is 0 Å². The van der Waals surface area contributed by atoms with Gasteiger partial charge in [0.2, 0.25) is 15.9 Å². The zero-order valence-electron chi connectivity index (χ0n) is 11.5. The second kappa shape index (κ2) is 6.40. The van der Waals surface area contributed by atoms with Crippen molar-refractivity contribution in [3.05, 3.63) is 24.0 Å². The van der Waals surface area contributed by atoms with Crippen LogP contribution in [0.25, 0.3) is 0 Å². The monoisotopic (exact) mass is 315 g/mol. The Bertz CT molecular complexity index is 628. The van der Waals surface area contributed by atoms with Gasteiger partial charge in [-0.2, -0.15) is 0 Å². The molecule has 1 heterocycles. The lowest BCUT2D eigenvalue weighted by Crippen LogP contribution is -2.42. The van der Waals surface area contributed by atoms with Crippen molar-refractivity contribution in [3.8, 4) is 0 Å². The van der Waals surface area contributed by atoms with Gasteiger partial charge in [0.1, 0.15) is 10.7 Å². The fourth-order valence-electron chi connectivity index (χ4n) is 2.23. The molecule has 0 atom stereocenters.